The van der Waals surface area contributed by atoms with Crippen molar-refractivity contribution in [2.45, 2.75) is 32.7 Å². The van der Waals surface area contributed by atoms with Crippen LogP contribution in [0.3, 0.4) is 0 Å². The van der Waals surface area contributed by atoms with Gasteiger partial charge in [0.25, 0.3) is 11.5 Å². The summed E-state index contributed by atoms with van der Waals surface area (Å²) in [6.07, 6.45) is 1.73. The molecule has 0 aromatic carbocycles. The number of carbonyl (C=O) groups excluding carboxylic acids is 1. The molecule has 138 valence electrons. The molecule has 3 heterocycles. The molecule has 1 fully saturated rings. The third kappa shape index (κ3) is 3.21. The maximum atomic E-state index is 13.1. The summed E-state index contributed by atoms with van der Waals surface area (Å²) < 4.78 is 1.51. The normalized spacial score (nSPS) is 16.8. The molecule has 0 bridgehead atoms. The van der Waals surface area contributed by atoms with Gasteiger partial charge < -0.3 is 14.4 Å². The minimum atomic E-state index is -0.256. The van der Waals surface area contributed by atoms with E-state index in [4.69, 9.17) is 0 Å². The number of nitrogens with zero attached hydrogens (tertiary/aromatic N) is 5. The molecule has 26 heavy (non-hydrogen) atoms. The molecule has 2 aromatic rings. The number of amides is 1. The van der Waals surface area contributed by atoms with Crippen LogP contribution in [0.4, 0.5) is 5.82 Å². The fourth-order valence-corrected chi connectivity index (χ4v) is 3.34. The van der Waals surface area contributed by atoms with Gasteiger partial charge in [-0.2, -0.15) is 0 Å². The topological polar surface area (TPSA) is 71.3 Å². The van der Waals surface area contributed by atoms with Gasteiger partial charge in [-0.05, 0) is 38.8 Å². The van der Waals surface area contributed by atoms with Crippen LogP contribution >= 0.6 is 0 Å². The predicted octanol–water partition coefficient (Wildman–Crippen LogP) is 1.84. The number of pyridine rings is 1. The van der Waals surface area contributed by atoms with E-state index in [0.29, 0.717) is 12.4 Å². The van der Waals surface area contributed by atoms with Crippen molar-refractivity contribution >= 4 is 11.7 Å². The fraction of sp³-hybridized carbons (Fsp3) is 0.474. The minimum Gasteiger partial charge on any atom is -0.363 e. The number of anilines is 1. The number of likely N-dealkylation sites (tertiary alicyclic amines) is 1. The number of rotatable bonds is 3. The molecule has 1 aliphatic heterocycles. The molecule has 1 atom stereocenters. The van der Waals surface area contributed by atoms with Crippen molar-refractivity contribution in [3.63, 3.8) is 0 Å². The second kappa shape index (κ2) is 6.90. The SMILES string of the molecule is Cc1nc(C2CCCN2C(=O)c2ccc(C)n(C)c2=O)cc(N(C)C)n1. The molecule has 7 heteroatoms. The molecule has 0 N–H and O–H groups in total. The standard InChI is InChI=1S/C19H25N5O2/c1-12-8-9-14(18(25)23(12)5)19(26)24-10-6-7-16(24)15-11-17(22(3)4)21-13(2)20-15/h8-9,11,16H,6-7,10H2,1-5H3. The van der Waals surface area contributed by atoms with Crippen LogP contribution in [0.1, 0.15) is 46.5 Å². The van der Waals surface area contributed by atoms with Crippen molar-refractivity contribution in [2.75, 3.05) is 25.5 Å². The van der Waals surface area contributed by atoms with Crippen LogP contribution < -0.4 is 10.5 Å². The highest BCUT2D eigenvalue weighted by molar-refractivity contribution is 5.94. The van der Waals surface area contributed by atoms with Crippen molar-refractivity contribution in [1.82, 2.24) is 19.4 Å². The number of aryl methyl sites for hydroxylation is 2. The van der Waals surface area contributed by atoms with Crippen molar-refractivity contribution in [2.24, 2.45) is 7.05 Å². The van der Waals surface area contributed by atoms with Gasteiger partial charge >= 0.3 is 0 Å². The maximum Gasteiger partial charge on any atom is 0.263 e. The molecule has 1 amide bonds. The first-order valence-electron chi connectivity index (χ1n) is 8.80. The summed E-state index contributed by atoms with van der Waals surface area (Å²) >= 11 is 0. The third-order valence-electron chi connectivity index (χ3n) is 4.94. The Bertz CT molecular complexity index is 903. The Balaban J connectivity index is 1.98. The van der Waals surface area contributed by atoms with E-state index in [-0.39, 0.29) is 23.1 Å². The smallest absolute Gasteiger partial charge is 0.263 e. The molecule has 1 saturated heterocycles. The van der Waals surface area contributed by atoms with Crippen molar-refractivity contribution < 1.29 is 4.79 Å². The Morgan fingerprint density at radius 3 is 2.65 bits per heavy atom. The Morgan fingerprint density at radius 2 is 1.96 bits per heavy atom. The van der Waals surface area contributed by atoms with Crippen LogP contribution in [0, 0.1) is 13.8 Å². The van der Waals surface area contributed by atoms with Crippen LogP contribution in [0.25, 0.3) is 0 Å². The van der Waals surface area contributed by atoms with Gasteiger partial charge in [-0.15, -0.1) is 0 Å². The first-order chi connectivity index (χ1) is 12.3. The van der Waals surface area contributed by atoms with Gasteiger partial charge in [0.15, 0.2) is 0 Å². The number of hydrogen-bond acceptors (Lipinski definition) is 5. The van der Waals surface area contributed by atoms with Gasteiger partial charge in [0, 0.05) is 39.4 Å². The molecular formula is C19H25N5O2. The summed E-state index contributed by atoms with van der Waals surface area (Å²) in [6.45, 7) is 4.33. The van der Waals surface area contributed by atoms with E-state index in [0.717, 1.165) is 30.0 Å². The molecule has 7 nitrogen and oxygen atoms in total. The zero-order valence-corrected chi connectivity index (χ0v) is 16.0. The monoisotopic (exact) mass is 355 g/mol. The molecule has 3 rings (SSSR count). The first kappa shape index (κ1) is 18.1. The zero-order valence-electron chi connectivity index (χ0n) is 16.0. The Kier molecular flexibility index (Phi) is 4.80. The zero-order chi connectivity index (χ0) is 19.0. The van der Waals surface area contributed by atoms with E-state index in [1.54, 1.807) is 24.1 Å². The van der Waals surface area contributed by atoms with Gasteiger partial charge in [-0.3, -0.25) is 9.59 Å². The quantitative estimate of drug-likeness (QED) is 0.840. The van der Waals surface area contributed by atoms with Crippen LogP contribution in [-0.2, 0) is 7.05 Å². The van der Waals surface area contributed by atoms with Gasteiger partial charge in [0.1, 0.15) is 17.2 Å². The number of aromatic nitrogens is 3. The van der Waals surface area contributed by atoms with Gasteiger partial charge in [0.05, 0.1) is 11.7 Å². The van der Waals surface area contributed by atoms with Gasteiger partial charge in [-0.1, -0.05) is 0 Å². The largest absolute Gasteiger partial charge is 0.363 e. The highest BCUT2D eigenvalue weighted by Crippen LogP contribution is 2.33. The Labute approximate surface area is 153 Å². The summed E-state index contributed by atoms with van der Waals surface area (Å²) in [7, 11) is 5.55. The molecule has 1 aliphatic rings. The second-order valence-electron chi connectivity index (χ2n) is 7.00. The molecule has 1 unspecified atom stereocenters. The lowest BCUT2D eigenvalue weighted by Crippen LogP contribution is -2.36. The summed E-state index contributed by atoms with van der Waals surface area (Å²) in [4.78, 5) is 38.3. The molecular weight excluding hydrogens is 330 g/mol. The van der Waals surface area contributed by atoms with Crippen LogP contribution in [-0.4, -0.2) is 46.0 Å². The minimum absolute atomic E-state index is 0.131. The van der Waals surface area contributed by atoms with E-state index in [1.807, 2.05) is 38.9 Å². The van der Waals surface area contributed by atoms with E-state index >= 15 is 0 Å². The fourth-order valence-electron chi connectivity index (χ4n) is 3.34. The predicted molar refractivity (Wildman–Crippen MR) is 101 cm³/mol. The molecule has 0 spiro atoms. The summed E-state index contributed by atoms with van der Waals surface area (Å²) in [5.74, 6) is 1.27. The van der Waals surface area contributed by atoms with E-state index in [9.17, 15) is 9.59 Å². The second-order valence-corrected chi connectivity index (χ2v) is 7.00. The summed E-state index contributed by atoms with van der Waals surface area (Å²) in [6, 6.07) is 5.23. The Morgan fingerprint density at radius 1 is 1.23 bits per heavy atom. The molecule has 0 radical (unpaired) electrons. The van der Waals surface area contributed by atoms with Crippen LogP contribution in [0.5, 0.6) is 0 Å². The van der Waals surface area contributed by atoms with Crippen molar-refractivity contribution in [3.05, 3.63) is 51.3 Å². The molecule has 2 aromatic heterocycles. The lowest BCUT2D eigenvalue weighted by molar-refractivity contribution is 0.0730. The maximum absolute atomic E-state index is 13.1. The number of hydrogen-bond donors (Lipinski definition) is 0. The third-order valence-corrected chi connectivity index (χ3v) is 4.94. The molecule has 0 saturated carbocycles. The number of carbonyl (C=O) groups is 1. The van der Waals surface area contributed by atoms with Gasteiger partial charge in [-0.25, -0.2) is 9.97 Å². The Hall–Kier alpha value is -2.70. The lowest BCUT2D eigenvalue weighted by atomic mass is 10.1. The van der Waals surface area contributed by atoms with E-state index in [1.165, 1.54) is 4.57 Å². The van der Waals surface area contributed by atoms with Crippen molar-refractivity contribution in [1.29, 1.82) is 0 Å². The van der Waals surface area contributed by atoms with Crippen LogP contribution in [0.15, 0.2) is 23.0 Å². The lowest BCUT2D eigenvalue weighted by Gasteiger charge is -2.25. The van der Waals surface area contributed by atoms with E-state index in [2.05, 4.69) is 9.97 Å². The average Bonchev–Trinajstić information content (AvgIpc) is 3.08. The molecule has 0 aliphatic carbocycles. The van der Waals surface area contributed by atoms with E-state index < -0.39 is 0 Å². The van der Waals surface area contributed by atoms with Crippen molar-refractivity contribution in [3.8, 4) is 0 Å². The highest BCUT2D eigenvalue weighted by Gasteiger charge is 2.33. The summed E-state index contributed by atoms with van der Waals surface area (Å²) in [5.41, 5.74) is 1.61. The highest BCUT2D eigenvalue weighted by atomic mass is 16.2. The average molecular weight is 355 g/mol. The first-order valence-corrected chi connectivity index (χ1v) is 8.80. The summed E-state index contributed by atoms with van der Waals surface area (Å²) in [5, 5.41) is 0. The van der Waals surface area contributed by atoms with Crippen LogP contribution in [0.2, 0.25) is 0 Å². The van der Waals surface area contributed by atoms with Gasteiger partial charge in [0.2, 0.25) is 0 Å².